The van der Waals surface area contributed by atoms with Crippen molar-refractivity contribution in [2.75, 3.05) is 7.05 Å². The highest BCUT2D eigenvalue weighted by Crippen LogP contribution is 2.18. The van der Waals surface area contributed by atoms with Gasteiger partial charge in [0.15, 0.2) is 0 Å². The van der Waals surface area contributed by atoms with E-state index in [2.05, 4.69) is 48.0 Å². The fourth-order valence-corrected chi connectivity index (χ4v) is 2.67. The zero-order valence-corrected chi connectivity index (χ0v) is 14.3. The van der Waals surface area contributed by atoms with Crippen molar-refractivity contribution < 1.29 is 4.79 Å². The minimum absolute atomic E-state index is 0.138. The second-order valence-corrected chi connectivity index (χ2v) is 6.30. The summed E-state index contributed by atoms with van der Waals surface area (Å²) in [6.07, 6.45) is 0.453. The maximum absolute atomic E-state index is 12.4. The molecule has 0 radical (unpaired) electrons. The molecule has 0 heterocycles. The molecular formula is C18H20BrNO. The molecular weight excluding hydrogens is 326 g/mol. The van der Waals surface area contributed by atoms with E-state index < -0.39 is 0 Å². The van der Waals surface area contributed by atoms with Crippen LogP contribution in [0.15, 0.2) is 46.9 Å². The number of amides is 1. The predicted molar refractivity (Wildman–Crippen MR) is 90.2 cm³/mol. The molecule has 0 aliphatic rings. The van der Waals surface area contributed by atoms with Gasteiger partial charge in [0.25, 0.3) is 0 Å². The number of hydrogen-bond donors (Lipinski definition) is 0. The smallest absolute Gasteiger partial charge is 0.227 e. The maximum Gasteiger partial charge on any atom is 0.227 e. The van der Waals surface area contributed by atoms with Crippen molar-refractivity contribution in [3.8, 4) is 0 Å². The monoisotopic (exact) mass is 345 g/mol. The van der Waals surface area contributed by atoms with Crippen LogP contribution in [-0.2, 0) is 17.8 Å². The van der Waals surface area contributed by atoms with Gasteiger partial charge in [-0.15, -0.1) is 0 Å². The third kappa shape index (κ3) is 4.18. The normalized spacial score (nSPS) is 10.5. The van der Waals surface area contributed by atoms with E-state index in [0.717, 1.165) is 15.6 Å². The largest absolute Gasteiger partial charge is 0.341 e. The molecule has 0 fully saturated rings. The summed E-state index contributed by atoms with van der Waals surface area (Å²) in [5, 5.41) is 0. The number of benzene rings is 2. The van der Waals surface area contributed by atoms with Crippen LogP contribution in [0.1, 0.15) is 22.3 Å². The molecule has 110 valence electrons. The SMILES string of the molecule is Cc1ccc(C)c(CC(=O)N(C)Cc2ccccc2Br)c1. The van der Waals surface area contributed by atoms with Crippen molar-refractivity contribution in [1.82, 2.24) is 4.90 Å². The first-order valence-electron chi connectivity index (χ1n) is 7.01. The van der Waals surface area contributed by atoms with Crippen molar-refractivity contribution in [2.45, 2.75) is 26.8 Å². The molecule has 2 nitrogen and oxygen atoms in total. The highest BCUT2D eigenvalue weighted by atomic mass is 79.9. The standard InChI is InChI=1S/C18H20BrNO/c1-13-8-9-14(2)16(10-13)11-18(21)20(3)12-15-6-4-5-7-17(15)19/h4-10H,11-12H2,1-3H3. The summed E-state index contributed by atoms with van der Waals surface area (Å²) < 4.78 is 1.04. The molecule has 0 atom stereocenters. The first kappa shape index (κ1) is 15.8. The summed E-state index contributed by atoms with van der Waals surface area (Å²) in [5.41, 5.74) is 4.59. The fraction of sp³-hybridized carbons (Fsp3) is 0.278. The average Bonchev–Trinajstić information content (AvgIpc) is 2.45. The minimum Gasteiger partial charge on any atom is -0.341 e. The zero-order chi connectivity index (χ0) is 15.4. The van der Waals surface area contributed by atoms with Crippen molar-refractivity contribution in [1.29, 1.82) is 0 Å². The van der Waals surface area contributed by atoms with E-state index in [1.165, 1.54) is 11.1 Å². The van der Waals surface area contributed by atoms with Gasteiger partial charge in [0, 0.05) is 18.1 Å². The van der Waals surface area contributed by atoms with Gasteiger partial charge >= 0.3 is 0 Å². The Labute approximate surface area is 134 Å². The summed E-state index contributed by atoms with van der Waals surface area (Å²) in [7, 11) is 1.85. The minimum atomic E-state index is 0.138. The molecule has 0 unspecified atom stereocenters. The van der Waals surface area contributed by atoms with E-state index in [4.69, 9.17) is 0 Å². The van der Waals surface area contributed by atoms with Gasteiger partial charge in [-0.3, -0.25) is 4.79 Å². The van der Waals surface area contributed by atoms with E-state index >= 15 is 0 Å². The molecule has 21 heavy (non-hydrogen) atoms. The molecule has 0 saturated carbocycles. The summed E-state index contributed by atoms with van der Waals surface area (Å²) in [6, 6.07) is 14.2. The molecule has 0 spiro atoms. The van der Waals surface area contributed by atoms with Crippen LogP contribution in [0.3, 0.4) is 0 Å². The number of likely N-dealkylation sites (N-methyl/N-ethyl adjacent to an activating group) is 1. The third-order valence-electron chi connectivity index (χ3n) is 3.64. The van der Waals surface area contributed by atoms with Gasteiger partial charge in [-0.25, -0.2) is 0 Å². The number of nitrogens with zero attached hydrogens (tertiary/aromatic N) is 1. The van der Waals surface area contributed by atoms with Crippen LogP contribution in [-0.4, -0.2) is 17.9 Å². The molecule has 0 aliphatic carbocycles. The molecule has 0 aliphatic heterocycles. The topological polar surface area (TPSA) is 20.3 Å². The molecule has 2 aromatic rings. The van der Waals surface area contributed by atoms with E-state index in [0.29, 0.717) is 13.0 Å². The van der Waals surface area contributed by atoms with Gasteiger partial charge in [0.1, 0.15) is 0 Å². The van der Waals surface area contributed by atoms with Gasteiger partial charge in [-0.1, -0.05) is 57.9 Å². The van der Waals surface area contributed by atoms with Crippen LogP contribution in [0.4, 0.5) is 0 Å². The lowest BCUT2D eigenvalue weighted by atomic mass is 10.0. The lowest BCUT2D eigenvalue weighted by molar-refractivity contribution is -0.129. The summed E-state index contributed by atoms with van der Waals surface area (Å²) in [5.74, 6) is 0.138. The van der Waals surface area contributed by atoms with Gasteiger partial charge in [-0.2, -0.15) is 0 Å². The summed E-state index contributed by atoms with van der Waals surface area (Å²) >= 11 is 3.52. The molecule has 3 heteroatoms. The second kappa shape index (κ2) is 6.90. The van der Waals surface area contributed by atoms with Crippen LogP contribution in [0.25, 0.3) is 0 Å². The quantitative estimate of drug-likeness (QED) is 0.810. The lowest BCUT2D eigenvalue weighted by Gasteiger charge is -2.19. The first-order valence-corrected chi connectivity index (χ1v) is 7.80. The van der Waals surface area contributed by atoms with E-state index in [9.17, 15) is 4.79 Å². The first-order chi connectivity index (χ1) is 9.97. The Morgan fingerprint density at radius 3 is 2.52 bits per heavy atom. The Morgan fingerprint density at radius 2 is 1.81 bits per heavy atom. The van der Waals surface area contributed by atoms with E-state index in [1.807, 2.05) is 31.3 Å². The van der Waals surface area contributed by atoms with Crippen molar-refractivity contribution in [3.63, 3.8) is 0 Å². The number of hydrogen-bond acceptors (Lipinski definition) is 1. The fourth-order valence-electron chi connectivity index (χ4n) is 2.26. The Bertz CT molecular complexity index is 651. The van der Waals surface area contributed by atoms with Crippen LogP contribution in [0.5, 0.6) is 0 Å². The molecule has 1 amide bonds. The average molecular weight is 346 g/mol. The van der Waals surface area contributed by atoms with E-state index in [-0.39, 0.29) is 5.91 Å². The second-order valence-electron chi connectivity index (χ2n) is 5.45. The Hall–Kier alpha value is -1.61. The molecule has 0 saturated heterocycles. The van der Waals surface area contributed by atoms with Crippen LogP contribution in [0, 0.1) is 13.8 Å². The van der Waals surface area contributed by atoms with Gasteiger partial charge in [0.05, 0.1) is 6.42 Å². The molecule has 0 bridgehead atoms. The Kier molecular flexibility index (Phi) is 5.18. The predicted octanol–water partition coefficient (Wildman–Crippen LogP) is 4.27. The summed E-state index contributed by atoms with van der Waals surface area (Å²) in [6.45, 7) is 4.72. The van der Waals surface area contributed by atoms with Gasteiger partial charge in [-0.05, 0) is 36.6 Å². The van der Waals surface area contributed by atoms with Crippen molar-refractivity contribution >= 4 is 21.8 Å². The highest BCUT2D eigenvalue weighted by molar-refractivity contribution is 9.10. The number of carbonyl (C=O) groups is 1. The van der Waals surface area contributed by atoms with Crippen LogP contribution >= 0.6 is 15.9 Å². The molecule has 2 rings (SSSR count). The number of rotatable bonds is 4. The number of aryl methyl sites for hydroxylation is 2. The van der Waals surface area contributed by atoms with Gasteiger partial charge < -0.3 is 4.90 Å². The maximum atomic E-state index is 12.4. The molecule has 0 aromatic heterocycles. The Morgan fingerprint density at radius 1 is 1.10 bits per heavy atom. The van der Waals surface area contributed by atoms with E-state index in [1.54, 1.807) is 4.90 Å². The van der Waals surface area contributed by atoms with Crippen LogP contribution in [0.2, 0.25) is 0 Å². The number of carbonyl (C=O) groups excluding carboxylic acids is 1. The summed E-state index contributed by atoms with van der Waals surface area (Å²) in [4.78, 5) is 14.2. The molecule has 0 N–H and O–H groups in total. The third-order valence-corrected chi connectivity index (χ3v) is 4.41. The zero-order valence-electron chi connectivity index (χ0n) is 12.7. The van der Waals surface area contributed by atoms with Crippen molar-refractivity contribution in [3.05, 3.63) is 69.2 Å². The number of halogens is 1. The van der Waals surface area contributed by atoms with Crippen LogP contribution < -0.4 is 0 Å². The Balaban J connectivity index is 2.06. The molecule has 2 aromatic carbocycles. The van der Waals surface area contributed by atoms with Gasteiger partial charge in [0.2, 0.25) is 5.91 Å². The van der Waals surface area contributed by atoms with Crippen molar-refractivity contribution in [2.24, 2.45) is 0 Å². The lowest BCUT2D eigenvalue weighted by Crippen LogP contribution is -2.28. The highest BCUT2D eigenvalue weighted by Gasteiger charge is 2.12.